The van der Waals surface area contributed by atoms with Crippen LogP contribution < -0.4 is 14.8 Å². The molecule has 0 unspecified atom stereocenters. The number of benzene rings is 1. The fourth-order valence-electron chi connectivity index (χ4n) is 2.02. The molecule has 1 heterocycles. The summed E-state index contributed by atoms with van der Waals surface area (Å²) < 4.78 is 10.4. The van der Waals surface area contributed by atoms with Gasteiger partial charge in [0.2, 0.25) is 5.88 Å². The molecule has 0 aliphatic rings. The van der Waals surface area contributed by atoms with E-state index in [1.807, 2.05) is 36.4 Å². The normalized spacial score (nSPS) is 10.3. The zero-order chi connectivity index (χ0) is 14.2. The summed E-state index contributed by atoms with van der Waals surface area (Å²) in [5, 5.41) is 3.38. The predicted octanol–water partition coefficient (Wildman–Crippen LogP) is 2.43. The van der Waals surface area contributed by atoms with Crippen LogP contribution in [0.25, 0.3) is 0 Å². The van der Waals surface area contributed by atoms with Crippen molar-refractivity contribution in [1.29, 1.82) is 0 Å². The van der Waals surface area contributed by atoms with Crippen LogP contribution in [0.15, 0.2) is 42.5 Å². The van der Waals surface area contributed by atoms with Crippen LogP contribution in [0, 0.1) is 0 Å². The van der Waals surface area contributed by atoms with E-state index in [4.69, 9.17) is 9.47 Å². The summed E-state index contributed by atoms with van der Waals surface area (Å²) in [6, 6.07) is 13.9. The second-order valence-corrected chi connectivity index (χ2v) is 4.41. The monoisotopic (exact) mass is 272 g/mol. The Bertz CT molecular complexity index is 544. The smallest absolute Gasteiger partial charge is 0.213 e. The van der Waals surface area contributed by atoms with Gasteiger partial charge in [-0.2, -0.15) is 0 Å². The molecule has 0 saturated heterocycles. The Kier molecular flexibility index (Phi) is 5.38. The molecule has 2 aromatic rings. The van der Waals surface area contributed by atoms with Gasteiger partial charge in [-0.25, -0.2) is 4.98 Å². The van der Waals surface area contributed by atoms with Crippen LogP contribution in [0.4, 0.5) is 0 Å². The van der Waals surface area contributed by atoms with Crippen LogP contribution in [0.5, 0.6) is 11.6 Å². The van der Waals surface area contributed by atoms with Crippen molar-refractivity contribution in [3.63, 3.8) is 0 Å². The first-order valence-electron chi connectivity index (χ1n) is 6.66. The molecule has 0 fully saturated rings. The van der Waals surface area contributed by atoms with Gasteiger partial charge in [-0.3, -0.25) is 0 Å². The molecule has 0 bridgehead atoms. The van der Waals surface area contributed by atoms with Crippen molar-refractivity contribution in [2.24, 2.45) is 0 Å². The fraction of sp³-hybridized carbons (Fsp3) is 0.312. The number of para-hydroxylation sites is 1. The number of nitrogens with one attached hydrogen (secondary N) is 1. The zero-order valence-electron chi connectivity index (χ0n) is 11.9. The Morgan fingerprint density at radius 2 is 1.85 bits per heavy atom. The highest BCUT2D eigenvalue weighted by atomic mass is 16.5. The molecule has 0 radical (unpaired) electrons. The Hall–Kier alpha value is -2.07. The molecule has 0 saturated carbocycles. The average molecular weight is 272 g/mol. The van der Waals surface area contributed by atoms with Gasteiger partial charge in [0.05, 0.1) is 19.9 Å². The third kappa shape index (κ3) is 3.96. The van der Waals surface area contributed by atoms with Gasteiger partial charge >= 0.3 is 0 Å². The number of nitrogens with zero attached hydrogens (tertiary/aromatic N) is 1. The quantitative estimate of drug-likeness (QED) is 0.786. The largest absolute Gasteiger partial charge is 0.496 e. The first-order chi connectivity index (χ1) is 9.83. The van der Waals surface area contributed by atoms with Gasteiger partial charge in [-0.1, -0.05) is 24.3 Å². The summed E-state index contributed by atoms with van der Waals surface area (Å²) >= 11 is 0. The Morgan fingerprint density at radius 3 is 2.65 bits per heavy atom. The third-order valence-electron chi connectivity index (χ3n) is 3.06. The minimum Gasteiger partial charge on any atom is -0.496 e. The molecular weight excluding hydrogens is 252 g/mol. The van der Waals surface area contributed by atoms with E-state index in [0.29, 0.717) is 5.88 Å². The summed E-state index contributed by atoms with van der Waals surface area (Å²) in [6.45, 7) is 1.60. The van der Waals surface area contributed by atoms with Crippen molar-refractivity contribution in [1.82, 2.24) is 10.3 Å². The van der Waals surface area contributed by atoms with Crippen LogP contribution in [0.1, 0.15) is 11.3 Å². The molecule has 0 aliphatic heterocycles. The number of hydrogen-bond donors (Lipinski definition) is 1. The fourth-order valence-corrected chi connectivity index (χ4v) is 2.02. The number of pyridine rings is 1. The van der Waals surface area contributed by atoms with E-state index in [0.717, 1.165) is 31.0 Å². The highest BCUT2D eigenvalue weighted by molar-refractivity contribution is 5.33. The van der Waals surface area contributed by atoms with Crippen LogP contribution in [-0.4, -0.2) is 25.7 Å². The number of ether oxygens (including phenoxy) is 2. The lowest BCUT2D eigenvalue weighted by molar-refractivity contribution is 0.395. The van der Waals surface area contributed by atoms with Gasteiger partial charge < -0.3 is 14.8 Å². The van der Waals surface area contributed by atoms with Crippen molar-refractivity contribution < 1.29 is 9.47 Å². The molecule has 4 nitrogen and oxygen atoms in total. The topological polar surface area (TPSA) is 43.4 Å². The molecule has 0 aliphatic carbocycles. The maximum atomic E-state index is 5.33. The van der Waals surface area contributed by atoms with E-state index >= 15 is 0 Å². The van der Waals surface area contributed by atoms with Crippen LogP contribution in [0.3, 0.4) is 0 Å². The number of aromatic nitrogens is 1. The molecule has 1 aromatic heterocycles. The lowest BCUT2D eigenvalue weighted by atomic mass is 10.1. The lowest BCUT2D eigenvalue weighted by Crippen LogP contribution is -2.17. The van der Waals surface area contributed by atoms with Crippen molar-refractivity contribution in [2.75, 3.05) is 20.8 Å². The minimum absolute atomic E-state index is 0.647. The Morgan fingerprint density at radius 1 is 1.00 bits per heavy atom. The van der Waals surface area contributed by atoms with Crippen molar-refractivity contribution in [3.05, 3.63) is 53.7 Å². The second-order valence-electron chi connectivity index (χ2n) is 4.41. The van der Waals surface area contributed by atoms with Gasteiger partial charge in [-0.15, -0.1) is 0 Å². The molecule has 0 atom stereocenters. The first-order valence-corrected chi connectivity index (χ1v) is 6.66. The van der Waals surface area contributed by atoms with Crippen molar-refractivity contribution in [2.45, 2.75) is 13.0 Å². The highest BCUT2D eigenvalue weighted by Gasteiger charge is 2.01. The number of rotatable bonds is 7. The van der Waals surface area contributed by atoms with Gasteiger partial charge in [0.1, 0.15) is 5.75 Å². The molecule has 1 N–H and O–H groups in total. The summed E-state index contributed by atoms with van der Waals surface area (Å²) in [5.41, 5.74) is 2.19. The standard InChI is InChI=1S/C16H20N2O2/c1-19-15-8-4-3-6-13(15)10-11-17-12-14-7-5-9-16(18-14)20-2/h3-9,17H,10-12H2,1-2H3. The number of hydrogen-bond acceptors (Lipinski definition) is 4. The van der Waals surface area contributed by atoms with E-state index in [1.54, 1.807) is 14.2 Å². The predicted molar refractivity (Wildman–Crippen MR) is 79.2 cm³/mol. The average Bonchev–Trinajstić information content (AvgIpc) is 2.52. The summed E-state index contributed by atoms with van der Waals surface area (Å²) in [5.74, 6) is 1.59. The van der Waals surface area contributed by atoms with Gasteiger partial charge in [0.25, 0.3) is 0 Å². The molecule has 2 rings (SSSR count). The first kappa shape index (κ1) is 14.3. The van der Waals surface area contributed by atoms with E-state index in [1.165, 1.54) is 5.56 Å². The molecular formula is C16H20N2O2. The lowest BCUT2D eigenvalue weighted by Gasteiger charge is -2.09. The molecule has 106 valence electrons. The van der Waals surface area contributed by atoms with E-state index < -0.39 is 0 Å². The SMILES string of the molecule is COc1cccc(CNCCc2ccccc2OC)n1. The molecule has 0 amide bonds. The maximum Gasteiger partial charge on any atom is 0.213 e. The molecule has 4 heteroatoms. The third-order valence-corrected chi connectivity index (χ3v) is 3.06. The van der Waals surface area contributed by atoms with Gasteiger partial charge in [0, 0.05) is 12.6 Å². The van der Waals surface area contributed by atoms with Crippen LogP contribution >= 0.6 is 0 Å². The second kappa shape index (κ2) is 7.50. The van der Waals surface area contributed by atoms with Crippen molar-refractivity contribution >= 4 is 0 Å². The molecule has 1 aromatic carbocycles. The maximum absolute atomic E-state index is 5.33. The van der Waals surface area contributed by atoms with Crippen LogP contribution in [-0.2, 0) is 13.0 Å². The number of methoxy groups -OCH3 is 2. The van der Waals surface area contributed by atoms with E-state index in [2.05, 4.69) is 16.4 Å². The molecule has 20 heavy (non-hydrogen) atoms. The Balaban J connectivity index is 1.81. The van der Waals surface area contributed by atoms with Gasteiger partial charge in [-0.05, 0) is 30.7 Å². The van der Waals surface area contributed by atoms with E-state index in [9.17, 15) is 0 Å². The summed E-state index contributed by atoms with van der Waals surface area (Å²) in [4.78, 5) is 4.36. The molecule has 0 spiro atoms. The van der Waals surface area contributed by atoms with Crippen LogP contribution in [0.2, 0.25) is 0 Å². The minimum atomic E-state index is 0.647. The van der Waals surface area contributed by atoms with Gasteiger partial charge in [0.15, 0.2) is 0 Å². The summed E-state index contributed by atoms with van der Waals surface area (Å²) in [6.07, 6.45) is 0.925. The zero-order valence-corrected chi connectivity index (χ0v) is 11.9. The Labute approximate surface area is 119 Å². The van der Waals surface area contributed by atoms with E-state index in [-0.39, 0.29) is 0 Å². The summed E-state index contributed by atoms with van der Waals surface area (Å²) in [7, 11) is 3.33. The van der Waals surface area contributed by atoms with Crippen molar-refractivity contribution in [3.8, 4) is 11.6 Å². The highest BCUT2D eigenvalue weighted by Crippen LogP contribution is 2.17.